The Balaban J connectivity index is 1.50. The lowest BCUT2D eigenvalue weighted by Crippen LogP contribution is -2.37. The molecule has 1 aromatic heterocycles. The highest BCUT2D eigenvalue weighted by Crippen LogP contribution is 2.43. The number of anilines is 3. The van der Waals surface area contributed by atoms with E-state index in [1.165, 1.54) is 18.3 Å². The molecule has 4 N–H and O–H groups in total. The second-order valence-electron chi connectivity index (χ2n) is 8.69. The third-order valence-electron chi connectivity index (χ3n) is 5.73. The fourth-order valence-corrected chi connectivity index (χ4v) is 4.50. The van der Waals surface area contributed by atoms with Crippen LogP contribution in [0.5, 0.6) is 11.5 Å². The second-order valence-corrected chi connectivity index (χ2v) is 10.3. The summed E-state index contributed by atoms with van der Waals surface area (Å²) >= 11 is 6.38. The van der Waals surface area contributed by atoms with E-state index in [0.29, 0.717) is 53.9 Å². The molecule has 4 rings (SSSR count). The van der Waals surface area contributed by atoms with E-state index in [0.717, 1.165) is 19.6 Å². The molecule has 2 aromatic carbocycles. The number of carbonyl (C=O) groups is 1. The quantitative estimate of drug-likeness (QED) is 0.136. The number of nitrogens with zero attached hydrogens (tertiary/aromatic N) is 3. The van der Waals surface area contributed by atoms with Crippen molar-refractivity contribution >= 4 is 42.7 Å². The zero-order valence-electron chi connectivity index (χ0n) is 21.5. The number of ether oxygens (including phenoxy) is 2. The first kappa shape index (κ1) is 29.5. The van der Waals surface area contributed by atoms with Gasteiger partial charge in [0.05, 0.1) is 36.7 Å². The number of aromatic nitrogens is 2. The van der Waals surface area contributed by atoms with Crippen LogP contribution in [0.4, 0.5) is 17.3 Å². The molecule has 212 valence electrons. The van der Waals surface area contributed by atoms with Gasteiger partial charge in [-0.05, 0) is 36.8 Å². The Kier molecular flexibility index (Phi) is 10.1. The Morgan fingerprint density at radius 1 is 1.18 bits per heavy atom. The Hall–Kier alpha value is -3.51. The zero-order valence-corrected chi connectivity index (χ0v) is 23.1. The largest absolute Gasteiger partial charge is 0.524 e. The van der Waals surface area contributed by atoms with Crippen LogP contribution in [-0.4, -0.2) is 70.0 Å². The van der Waals surface area contributed by atoms with Gasteiger partial charge in [0.15, 0.2) is 11.5 Å². The fourth-order valence-electron chi connectivity index (χ4n) is 3.89. The van der Waals surface area contributed by atoms with Crippen molar-refractivity contribution in [3.05, 3.63) is 66.3 Å². The molecule has 14 heteroatoms. The molecule has 2 heterocycles. The van der Waals surface area contributed by atoms with Crippen LogP contribution in [0, 0.1) is 0 Å². The number of halogens is 1. The number of benzene rings is 2. The average Bonchev–Trinajstić information content (AvgIpc) is 2.93. The molecule has 40 heavy (non-hydrogen) atoms. The maximum atomic E-state index is 11.7. The molecule has 0 radical (unpaired) electrons. The number of amides is 1. The predicted molar refractivity (Wildman–Crippen MR) is 151 cm³/mol. The fraction of sp³-hybridized carbons (Fsp3) is 0.269. The first-order valence-corrected chi connectivity index (χ1v) is 14.3. The molecule has 1 fully saturated rings. The topological polar surface area (TPSA) is 155 Å². The Labute approximate surface area is 236 Å². The van der Waals surface area contributed by atoms with Crippen LogP contribution >= 0.6 is 19.4 Å². The summed E-state index contributed by atoms with van der Waals surface area (Å²) in [6.07, 6.45) is 3.31. The minimum absolute atomic E-state index is 0.0960. The molecule has 0 saturated carbocycles. The third kappa shape index (κ3) is 8.75. The number of phosphoric ester groups is 1. The summed E-state index contributed by atoms with van der Waals surface area (Å²) in [5, 5.41) is 6.05. The molecule has 0 atom stereocenters. The van der Waals surface area contributed by atoms with Crippen LogP contribution in [0.15, 0.2) is 61.3 Å². The van der Waals surface area contributed by atoms with Gasteiger partial charge >= 0.3 is 7.82 Å². The molecule has 1 aliphatic rings. The van der Waals surface area contributed by atoms with Gasteiger partial charge in [-0.3, -0.25) is 19.5 Å². The van der Waals surface area contributed by atoms with E-state index in [9.17, 15) is 19.1 Å². The standard InChI is InChI=1S/C26H29ClN5O7P/c1-2-24(33)29-19-6-3-5-18(15-19)25-21(27)17-28-26(31-25)30-20-7-8-22(39-40(34,35)36)23(16-20)38-12-4-9-32-10-13-37-14-11-32/h2-3,5-8,15-17H,1,4,9-14H2,(H,29,33)(H,28,30,31)(H2,34,35,36). The highest BCUT2D eigenvalue weighted by Gasteiger charge is 2.20. The van der Waals surface area contributed by atoms with Gasteiger partial charge in [-0.2, -0.15) is 0 Å². The van der Waals surface area contributed by atoms with Gasteiger partial charge in [-0.25, -0.2) is 14.5 Å². The van der Waals surface area contributed by atoms with E-state index < -0.39 is 7.82 Å². The summed E-state index contributed by atoms with van der Waals surface area (Å²) in [6.45, 7) is 7.64. The SMILES string of the molecule is C=CC(=O)Nc1cccc(-c2nc(Nc3ccc(OP(=O)(O)O)c(OCCCN4CCOCC4)c3)ncc2Cl)c1. The molecular formula is C26H29ClN5O7P. The lowest BCUT2D eigenvalue weighted by molar-refractivity contribution is -0.111. The molecule has 0 aliphatic carbocycles. The van der Waals surface area contributed by atoms with E-state index >= 15 is 0 Å². The van der Waals surface area contributed by atoms with Crippen LogP contribution < -0.4 is 19.9 Å². The average molecular weight is 590 g/mol. The molecule has 1 amide bonds. The molecule has 1 aliphatic heterocycles. The first-order chi connectivity index (χ1) is 19.2. The normalized spacial score (nSPS) is 13.9. The van der Waals surface area contributed by atoms with Gasteiger partial charge in [0.2, 0.25) is 11.9 Å². The van der Waals surface area contributed by atoms with Gasteiger partial charge in [0, 0.05) is 42.6 Å². The summed E-state index contributed by atoms with van der Waals surface area (Å²) in [4.78, 5) is 41.3. The molecule has 0 unspecified atom stereocenters. The van der Waals surface area contributed by atoms with Gasteiger partial charge in [0.1, 0.15) is 0 Å². The van der Waals surface area contributed by atoms with Gasteiger partial charge in [-0.1, -0.05) is 30.3 Å². The van der Waals surface area contributed by atoms with Crippen molar-refractivity contribution in [2.24, 2.45) is 0 Å². The van der Waals surface area contributed by atoms with E-state index in [1.807, 2.05) is 0 Å². The number of hydrogen-bond acceptors (Lipinski definition) is 9. The van der Waals surface area contributed by atoms with Crippen molar-refractivity contribution in [1.29, 1.82) is 0 Å². The lowest BCUT2D eigenvalue weighted by atomic mass is 10.1. The first-order valence-electron chi connectivity index (χ1n) is 12.4. The van der Waals surface area contributed by atoms with Gasteiger partial charge in [0.25, 0.3) is 0 Å². The zero-order chi connectivity index (χ0) is 28.5. The van der Waals surface area contributed by atoms with E-state index in [1.54, 1.807) is 36.4 Å². The van der Waals surface area contributed by atoms with Crippen molar-refractivity contribution < 1.29 is 33.1 Å². The van der Waals surface area contributed by atoms with E-state index in [2.05, 4.69) is 32.1 Å². The predicted octanol–water partition coefficient (Wildman–Crippen LogP) is 4.24. The monoisotopic (exact) mass is 589 g/mol. The minimum atomic E-state index is -4.81. The maximum Gasteiger partial charge on any atom is 0.524 e. The summed E-state index contributed by atoms with van der Waals surface area (Å²) in [5.74, 6) is -0.0862. The number of hydrogen-bond donors (Lipinski definition) is 4. The van der Waals surface area contributed by atoms with Crippen LogP contribution in [0.1, 0.15) is 6.42 Å². The van der Waals surface area contributed by atoms with Crippen molar-refractivity contribution in [2.75, 3.05) is 50.1 Å². The van der Waals surface area contributed by atoms with Gasteiger partial charge < -0.3 is 24.6 Å². The number of morpholine rings is 1. The molecule has 12 nitrogen and oxygen atoms in total. The summed E-state index contributed by atoms with van der Waals surface area (Å²) in [6, 6.07) is 11.5. The van der Waals surface area contributed by atoms with E-state index in [-0.39, 0.29) is 23.4 Å². The van der Waals surface area contributed by atoms with Crippen LogP contribution in [-0.2, 0) is 14.1 Å². The van der Waals surface area contributed by atoms with E-state index in [4.69, 9.17) is 25.6 Å². The molecule has 1 saturated heterocycles. The van der Waals surface area contributed by atoms with Crippen molar-refractivity contribution in [1.82, 2.24) is 14.9 Å². The molecule has 0 spiro atoms. The number of carbonyl (C=O) groups excluding carboxylic acids is 1. The smallest absolute Gasteiger partial charge is 0.490 e. The molecule has 0 bridgehead atoms. The Bertz CT molecular complexity index is 1400. The molecule has 3 aromatic rings. The summed E-state index contributed by atoms with van der Waals surface area (Å²) in [5.41, 5.74) is 2.10. The van der Waals surface area contributed by atoms with Crippen molar-refractivity contribution in [2.45, 2.75) is 6.42 Å². The number of nitrogens with one attached hydrogen (secondary N) is 2. The highest BCUT2D eigenvalue weighted by molar-refractivity contribution is 7.46. The van der Waals surface area contributed by atoms with Crippen LogP contribution in [0.3, 0.4) is 0 Å². The minimum Gasteiger partial charge on any atom is -0.490 e. The van der Waals surface area contributed by atoms with Gasteiger partial charge in [-0.15, -0.1) is 0 Å². The summed E-state index contributed by atoms with van der Waals surface area (Å²) in [7, 11) is -4.81. The third-order valence-corrected chi connectivity index (χ3v) is 6.44. The Morgan fingerprint density at radius 2 is 1.98 bits per heavy atom. The number of rotatable bonds is 12. The van der Waals surface area contributed by atoms with Crippen molar-refractivity contribution in [3.8, 4) is 22.8 Å². The lowest BCUT2D eigenvalue weighted by Gasteiger charge is -2.26. The number of phosphoric acid groups is 1. The maximum absolute atomic E-state index is 11.7. The molecular weight excluding hydrogens is 561 g/mol. The second kappa shape index (κ2) is 13.7. The summed E-state index contributed by atoms with van der Waals surface area (Å²) < 4.78 is 27.5. The van der Waals surface area contributed by atoms with Crippen LogP contribution in [0.2, 0.25) is 5.02 Å². The Morgan fingerprint density at radius 3 is 2.73 bits per heavy atom. The van der Waals surface area contributed by atoms with Crippen molar-refractivity contribution in [3.63, 3.8) is 0 Å². The highest BCUT2D eigenvalue weighted by atomic mass is 35.5. The van der Waals surface area contributed by atoms with Crippen LogP contribution in [0.25, 0.3) is 11.3 Å².